The first-order chi connectivity index (χ1) is 10.8. The summed E-state index contributed by atoms with van der Waals surface area (Å²) < 4.78 is 0. The molecular weight excluding hydrogens is 292 g/mol. The second-order valence-electron chi connectivity index (χ2n) is 5.78. The monoisotopic (exact) mass is 316 g/mol. The fourth-order valence-corrected chi connectivity index (χ4v) is 1.91. The number of carbonyl (C=O) groups excluding carboxylic acids is 2. The molecule has 1 rings (SSSR count). The van der Waals surface area contributed by atoms with Crippen molar-refractivity contribution in [3.05, 3.63) is 35.4 Å². The summed E-state index contributed by atoms with van der Waals surface area (Å²) in [4.78, 5) is 25.2. The SMILES string of the molecule is CC(O)CNC(=O)c1cccc(C#CCC(C)C(=O)N(C)C)c1. The minimum atomic E-state index is -0.586. The molecule has 0 spiro atoms. The molecule has 0 radical (unpaired) electrons. The molecule has 0 saturated heterocycles. The molecule has 2 amide bonds. The molecule has 23 heavy (non-hydrogen) atoms. The first-order valence-electron chi connectivity index (χ1n) is 7.57. The van der Waals surface area contributed by atoms with Gasteiger partial charge in [-0.05, 0) is 25.1 Å². The van der Waals surface area contributed by atoms with E-state index in [9.17, 15) is 14.7 Å². The van der Waals surface area contributed by atoms with Gasteiger partial charge in [-0.25, -0.2) is 0 Å². The van der Waals surface area contributed by atoms with Crippen molar-refractivity contribution >= 4 is 11.8 Å². The molecule has 0 aromatic heterocycles. The van der Waals surface area contributed by atoms with E-state index in [-0.39, 0.29) is 24.3 Å². The number of hydrogen-bond donors (Lipinski definition) is 2. The maximum Gasteiger partial charge on any atom is 0.251 e. The maximum absolute atomic E-state index is 11.9. The lowest BCUT2D eigenvalue weighted by atomic mass is 10.1. The highest BCUT2D eigenvalue weighted by molar-refractivity contribution is 5.94. The fraction of sp³-hybridized carbons (Fsp3) is 0.444. The smallest absolute Gasteiger partial charge is 0.251 e. The number of nitrogens with one attached hydrogen (secondary N) is 1. The van der Waals surface area contributed by atoms with Crippen LogP contribution in [0.5, 0.6) is 0 Å². The minimum absolute atomic E-state index is 0.0468. The minimum Gasteiger partial charge on any atom is -0.392 e. The van der Waals surface area contributed by atoms with Crippen molar-refractivity contribution in [3.63, 3.8) is 0 Å². The number of aliphatic hydroxyl groups is 1. The second-order valence-corrected chi connectivity index (χ2v) is 5.78. The van der Waals surface area contributed by atoms with E-state index in [0.29, 0.717) is 12.0 Å². The van der Waals surface area contributed by atoms with Gasteiger partial charge in [0, 0.05) is 44.1 Å². The zero-order chi connectivity index (χ0) is 17.4. The molecule has 5 heteroatoms. The second kappa shape index (κ2) is 8.96. The molecular formula is C18H24N2O3. The molecule has 5 nitrogen and oxygen atoms in total. The van der Waals surface area contributed by atoms with Gasteiger partial charge in [0.25, 0.3) is 5.91 Å². The van der Waals surface area contributed by atoms with E-state index in [1.165, 1.54) is 0 Å². The zero-order valence-corrected chi connectivity index (χ0v) is 14.1. The van der Waals surface area contributed by atoms with Crippen LogP contribution in [0.15, 0.2) is 24.3 Å². The van der Waals surface area contributed by atoms with E-state index >= 15 is 0 Å². The summed E-state index contributed by atoms with van der Waals surface area (Å²) in [5, 5.41) is 11.8. The molecule has 0 aliphatic rings. The van der Waals surface area contributed by atoms with Crippen LogP contribution in [0, 0.1) is 17.8 Å². The molecule has 0 aliphatic carbocycles. The largest absolute Gasteiger partial charge is 0.392 e. The van der Waals surface area contributed by atoms with Gasteiger partial charge in [0.1, 0.15) is 0 Å². The average Bonchev–Trinajstić information content (AvgIpc) is 2.51. The van der Waals surface area contributed by atoms with Crippen LogP contribution in [0.1, 0.15) is 36.2 Å². The third-order valence-corrected chi connectivity index (χ3v) is 3.19. The molecule has 2 N–H and O–H groups in total. The van der Waals surface area contributed by atoms with Gasteiger partial charge in [0.2, 0.25) is 5.91 Å². The van der Waals surface area contributed by atoms with E-state index in [0.717, 1.165) is 5.56 Å². The van der Waals surface area contributed by atoms with E-state index in [2.05, 4.69) is 17.2 Å². The summed E-state index contributed by atoms with van der Waals surface area (Å²) in [7, 11) is 3.45. The van der Waals surface area contributed by atoms with Crippen LogP contribution in [-0.4, -0.2) is 48.6 Å². The lowest BCUT2D eigenvalue weighted by Gasteiger charge is -2.14. The van der Waals surface area contributed by atoms with Gasteiger partial charge in [-0.1, -0.05) is 24.8 Å². The van der Waals surface area contributed by atoms with E-state index < -0.39 is 6.10 Å². The zero-order valence-electron chi connectivity index (χ0n) is 14.1. The van der Waals surface area contributed by atoms with Crippen LogP contribution in [0.4, 0.5) is 0 Å². The van der Waals surface area contributed by atoms with E-state index in [1.807, 2.05) is 13.0 Å². The van der Waals surface area contributed by atoms with Gasteiger partial charge in [-0.15, -0.1) is 0 Å². The Balaban J connectivity index is 2.69. The third-order valence-electron chi connectivity index (χ3n) is 3.19. The molecule has 0 saturated carbocycles. The highest BCUT2D eigenvalue weighted by Crippen LogP contribution is 2.06. The van der Waals surface area contributed by atoms with Gasteiger partial charge in [0.05, 0.1) is 6.10 Å². The topological polar surface area (TPSA) is 69.6 Å². The highest BCUT2D eigenvalue weighted by Gasteiger charge is 2.12. The maximum atomic E-state index is 11.9. The molecule has 2 atom stereocenters. The van der Waals surface area contributed by atoms with Crippen molar-refractivity contribution in [3.8, 4) is 11.8 Å². The third kappa shape index (κ3) is 6.54. The lowest BCUT2D eigenvalue weighted by molar-refractivity contribution is -0.132. The van der Waals surface area contributed by atoms with Crippen LogP contribution < -0.4 is 5.32 Å². The molecule has 1 aromatic carbocycles. The van der Waals surface area contributed by atoms with Crippen molar-refractivity contribution < 1.29 is 14.7 Å². The summed E-state index contributed by atoms with van der Waals surface area (Å²) in [5.74, 6) is 5.61. The molecule has 0 heterocycles. The normalized spacial score (nSPS) is 12.6. The molecule has 0 bridgehead atoms. The van der Waals surface area contributed by atoms with Crippen LogP contribution >= 0.6 is 0 Å². The van der Waals surface area contributed by atoms with Gasteiger partial charge >= 0.3 is 0 Å². The number of carbonyl (C=O) groups is 2. The number of hydrogen-bond acceptors (Lipinski definition) is 3. The Labute approximate surface area is 137 Å². The standard InChI is InChI=1S/C18H24N2O3/c1-13(18(23)20(3)4)7-5-8-15-9-6-10-16(11-15)17(22)19-12-14(2)21/h6,9-11,13-14,21H,7,12H2,1-4H3,(H,19,22). The van der Waals surface area contributed by atoms with E-state index in [1.54, 1.807) is 44.1 Å². The highest BCUT2D eigenvalue weighted by atomic mass is 16.3. The van der Waals surface area contributed by atoms with Crippen molar-refractivity contribution in [2.24, 2.45) is 5.92 Å². The predicted molar refractivity (Wildman–Crippen MR) is 89.8 cm³/mol. The molecule has 2 unspecified atom stereocenters. The van der Waals surface area contributed by atoms with Gasteiger partial charge in [-0.2, -0.15) is 0 Å². The van der Waals surface area contributed by atoms with Crippen LogP contribution in [-0.2, 0) is 4.79 Å². The van der Waals surface area contributed by atoms with E-state index in [4.69, 9.17) is 0 Å². The number of rotatable bonds is 5. The summed E-state index contributed by atoms with van der Waals surface area (Å²) in [5.41, 5.74) is 1.22. The van der Waals surface area contributed by atoms with Crippen molar-refractivity contribution in [2.45, 2.75) is 26.4 Å². The van der Waals surface area contributed by atoms with Gasteiger partial charge in [0.15, 0.2) is 0 Å². The number of aliphatic hydroxyl groups excluding tert-OH is 1. The van der Waals surface area contributed by atoms with Crippen LogP contribution in [0.2, 0.25) is 0 Å². The Morgan fingerprint density at radius 3 is 2.61 bits per heavy atom. The fourth-order valence-electron chi connectivity index (χ4n) is 1.91. The Morgan fingerprint density at radius 1 is 1.30 bits per heavy atom. The Kier molecular flexibility index (Phi) is 7.30. The predicted octanol–water partition coefficient (Wildman–Crippen LogP) is 1.26. The first kappa shape index (κ1) is 18.7. The quantitative estimate of drug-likeness (QED) is 0.804. The summed E-state index contributed by atoms with van der Waals surface area (Å²) in [6.07, 6.45) is -0.118. The first-order valence-corrected chi connectivity index (χ1v) is 7.57. The summed E-state index contributed by atoms with van der Waals surface area (Å²) in [6.45, 7) is 3.66. The van der Waals surface area contributed by atoms with Crippen molar-refractivity contribution in [2.75, 3.05) is 20.6 Å². The Morgan fingerprint density at radius 2 is 2.00 bits per heavy atom. The Hall–Kier alpha value is -2.32. The summed E-state index contributed by atoms with van der Waals surface area (Å²) >= 11 is 0. The van der Waals surface area contributed by atoms with Crippen molar-refractivity contribution in [1.29, 1.82) is 0 Å². The Bertz CT molecular complexity index is 612. The molecule has 124 valence electrons. The van der Waals surface area contributed by atoms with Crippen LogP contribution in [0.3, 0.4) is 0 Å². The molecule has 0 aliphatic heterocycles. The van der Waals surface area contributed by atoms with Crippen LogP contribution in [0.25, 0.3) is 0 Å². The lowest BCUT2D eigenvalue weighted by Crippen LogP contribution is -2.30. The number of nitrogens with zero attached hydrogens (tertiary/aromatic N) is 1. The molecule has 1 aromatic rings. The number of amides is 2. The van der Waals surface area contributed by atoms with Crippen molar-refractivity contribution in [1.82, 2.24) is 10.2 Å². The van der Waals surface area contributed by atoms with Gasteiger partial charge < -0.3 is 15.3 Å². The van der Waals surface area contributed by atoms with Gasteiger partial charge in [-0.3, -0.25) is 9.59 Å². The molecule has 0 fully saturated rings. The summed E-state index contributed by atoms with van der Waals surface area (Å²) in [6, 6.07) is 6.97. The average molecular weight is 316 g/mol. The number of benzene rings is 1.